The predicted octanol–water partition coefficient (Wildman–Crippen LogP) is 1.31. The molecule has 2 aliphatic heterocycles. The number of nitrogens with zero attached hydrogens (tertiary/aromatic N) is 2. The van der Waals surface area contributed by atoms with Crippen molar-refractivity contribution >= 4 is 52.0 Å². The van der Waals surface area contributed by atoms with Crippen LogP contribution in [0.15, 0.2) is 40.9 Å². The minimum Gasteiger partial charge on any atom is -0.477 e. The zero-order chi connectivity index (χ0) is 23.0. The molecule has 0 spiro atoms. The van der Waals surface area contributed by atoms with E-state index in [1.807, 2.05) is 5.38 Å². The van der Waals surface area contributed by atoms with Gasteiger partial charge in [0.2, 0.25) is 0 Å². The Hall–Kier alpha value is -3.38. The summed E-state index contributed by atoms with van der Waals surface area (Å²) in [5.74, 6) is -2.53. The average Bonchev–Trinajstić information content (AvgIpc) is 3.21. The molecule has 1 fully saturated rings. The molecule has 2 amide bonds. The molecule has 166 valence electrons. The standard InChI is InChI=1S/C20H18N4O6S2/c1-9(25)30-6-12-7-31-18-14(17(27)24(18)15(12)19(28)29)23-16(26)11-4-2-10(3-5-11)13-8-32-20(21)22-13/h2-5,8,14,18H,6-7H2,1H3,(H2,21,22)(H,23,26)(H,28,29)/t14-,18?/m1/s1. The number of thiazole rings is 1. The highest BCUT2D eigenvalue weighted by Crippen LogP contribution is 2.40. The van der Waals surface area contributed by atoms with Crippen molar-refractivity contribution in [1.82, 2.24) is 15.2 Å². The number of hydrogen-bond donors (Lipinski definition) is 3. The number of β-lactam (4-membered cyclic amide) rings is 1. The third-order valence-corrected chi connectivity index (χ3v) is 6.96. The summed E-state index contributed by atoms with van der Waals surface area (Å²) in [6, 6.07) is 5.86. The molecule has 4 N–H and O–H groups in total. The lowest BCUT2D eigenvalue weighted by Gasteiger charge is -2.49. The van der Waals surface area contributed by atoms with E-state index in [0.29, 0.717) is 22.0 Å². The summed E-state index contributed by atoms with van der Waals surface area (Å²) in [5.41, 5.74) is 7.66. The first-order valence-corrected chi connectivity index (χ1v) is 11.3. The van der Waals surface area contributed by atoms with Gasteiger partial charge < -0.3 is 20.9 Å². The summed E-state index contributed by atoms with van der Waals surface area (Å²) in [5, 5.41) is 14.0. The normalized spacial score (nSPS) is 19.8. The Morgan fingerprint density at radius 1 is 1.31 bits per heavy atom. The van der Waals surface area contributed by atoms with Crippen molar-refractivity contribution in [1.29, 1.82) is 0 Å². The van der Waals surface area contributed by atoms with E-state index in [2.05, 4.69) is 10.3 Å². The van der Waals surface area contributed by atoms with E-state index in [1.165, 1.54) is 30.0 Å². The summed E-state index contributed by atoms with van der Waals surface area (Å²) in [6.07, 6.45) is 0. The first-order valence-electron chi connectivity index (χ1n) is 9.42. The summed E-state index contributed by atoms with van der Waals surface area (Å²) >= 11 is 2.62. The molecular formula is C20H18N4O6S2. The van der Waals surface area contributed by atoms with Crippen molar-refractivity contribution in [2.75, 3.05) is 18.1 Å². The average molecular weight is 475 g/mol. The number of anilines is 1. The Morgan fingerprint density at radius 2 is 2.03 bits per heavy atom. The van der Waals surface area contributed by atoms with Gasteiger partial charge in [0.25, 0.3) is 11.8 Å². The van der Waals surface area contributed by atoms with Crippen molar-refractivity contribution < 1.29 is 29.0 Å². The van der Waals surface area contributed by atoms with E-state index < -0.39 is 35.2 Å². The number of aliphatic carboxylic acids is 1. The molecule has 1 aromatic carbocycles. The third-order valence-electron chi connectivity index (χ3n) is 4.95. The minimum absolute atomic E-state index is 0.197. The molecular weight excluding hydrogens is 456 g/mol. The first-order chi connectivity index (χ1) is 15.3. The van der Waals surface area contributed by atoms with Gasteiger partial charge in [-0.1, -0.05) is 12.1 Å². The third kappa shape index (κ3) is 4.06. The molecule has 0 bridgehead atoms. The zero-order valence-electron chi connectivity index (χ0n) is 16.7. The second-order valence-corrected chi connectivity index (χ2v) is 9.04. The van der Waals surface area contributed by atoms with Gasteiger partial charge in [0.15, 0.2) is 5.13 Å². The molecule has 4 rings (SSSR count). The van der Waals surface area contributed by atoms with Gasteiger partial charge >= 0.3 is 11.9 Å². The van der Waals surface area contributed by atoms with Crippen LogP contribution in [0.1, 0.15) is 17.3 Å². The number of carboxylic acid groups (broad SMARTS) is 1. The molecule has 2 aromatic rings. The quantitative estimate of drug-likeness (QED) is 0.415. The number of ether oxygens (including phenoxy) is 1. The van der Waals surface area contributed by atoms with E-state index in [-0.39, 0.29) is 18.1 Å². The molecule has 10 nitrogen and oxygen atoms in total. The number of aromatic nitrogens is 1. The van der Waals surface area contributed by atoms with Gasteiger partial charge in [0.1, 0.15) is 23.7 Å². The number of fused-ring (bicyclic) bond motifs is 1. The molecule has 2 aliphatic rings. The monoisotopic (exact) mass is 474 g/mol. The maximum Gasteiger partial charge on any atom is 0.352 e. The van der Waals surface area contributed by atoms with E-state index in [4.69, 9.17) is 10.5 Å². The number of thioether (sulfide) groups is 1. The lowest BCUT2D eigenvalue weighted by Crippen LogP contribution is -2.70. The van der Waals surface area contributed by atoms with Crippen LogP contribution in [-0.4, -0.2) is 62.5 Å². The van der Waals surface area contributed by atoms with Crippen LogP contribution >= 0.6 is 23.1 Å². The number of rotatable bonds is 6. The maximum atomic E-state index is 12.7. The number of esters is 1. The predicted molar refractivity (Wildman–Crippen MR) is 118 cm³/mol. The molecule has 12 heteroatoms. The molecule has 32 heavy (non-hydrogen) atoms. The van der Waals surface area contributed by atoms with Crippen molar-refractivity contribution in [3.05, 3.63) is 46.5 Å². The van der Waals surface area contributed by atoms with Crippen LogP contribution in [0.5, 0.6) is 0 Å². The number of carbonyl (C=O) groups excluding carboxylic acids is 3. The van der Waals surface area contributed by atoms with Gasteiger partial charge in [0, 0.05) is 34.8 Å². The highest BCUT2D eigenvalue weighted by molar-refractivity contribution is 8.00. The highest BCUT2D eigenvalue weighted by atomic mass is 32.2. The van der Waals surface area contributed by atoms with Gasteiger partial charge in [-0.25, -0.2) is 9.78 Å². The lowest BCUT2D eigenvalue weighted by molar-refractivity contribution is -0.149. The molecule has 2 atom stereocenters. The van der Waals surface area contributed by atoms with Crippen molar-refractivity contribution in [3.8, 4) is 11.3 Å². The molecule has 0 radical (unpaired) electrons. The van der Waals surface area contributed by atoms with Crippen LogP contribution in [0.4, 0.5) is 5.13 Å². The van der Waals surface area contributed by atoms with E-state index in [9.17, 15) is 24.3 Å². The number of benzene rings is 1. The second-order valence-electron chi connectivity index (χ2n) is 7.05. The fourth-order valence-electron chi connectivity index (χ4n) is 3.42. The van der Waals surface area contributed by atoms with Crippen molar-refractivity contribution in [2.45, 2.75) is 18.3 Å². The van der Waals surface area contributed by atoms with E-state index in [1.54, 1.807) is 24.3 Å². The summed E-state index contributed by atoms with van der Waals surface area (Å²) < 4.78 is 4.90. The Balaban J connectivity index is 1.45. The number of nitrogens with two attached hydrogens (primary N) is 1. The summed E-state index contributed by atoms with van der Waals surface area (Å²) in [7, 11) is 0. The van der Waals surface area contributed by atoms with Crippen LogP contribution in [0.3, 0.4) is 0 Å². The summed E-state index contributed by atoms with van der Waals surface area (Å²) in [6.45, 7) is 1.02. The van der Waals surface area contributed by atoms with Gasteiger partial charge in [-0.05, 0) is 12.1 Å². The topological polar surface area (TPSA) is 152 Å². The Morgan fingerprint density at radius 3 is 2.62 bits per heavy atom. The van der Waals surface area contributed by atoms with E-state index >= 15 is 0 Å². The number of nitrogens with one attached hydrogen (secondary N) is 1. The number of nitrogen functional groups attached to an aromatic ring is 1. The Bertz CT molecular complexity index is 1140. The maximum absolute atomic E-state index is 12.7. The van der Waals surface area contributed by atoms with Gasteiger partial charge in [-0.2, -0.15) is 0 Å². The number of carbonyl (C=O) groups is 4. The SMILES string of the molecule is CC(=O)OCC1=C(C(=O)O)N2C(=O)[C@@H](NC(=O)c3ccc(-c4csc(N)n4)cc3)C2SC1. The van der Waals surface area contributed by atoms with Gasteiger partial charge in [0.05, 0.1) is 5.69 Å². The molecule has 1 aromatic heterocycles. The fourth-order valence-corrected chi connectivity index (χ4v) is 5.32. The van der Waals surface area contributed by atoms with Crippen LogP contribution in [-0.2, 0) is 19.1 Å². The molecule has 3 heterocycles. The van der Waals surface area contributed by atoms with Crippen LogP contribution < -0.4 is 11.1 Å². The first kappa shape index (κ1) is 21.8. The van der Waals surface area contributed by atoms with Crippen molar-refractivity contribution in [3.63, 3.8) is 0 Å². The van der Waals surface area contributed by atoms with Gasteiger partial charge in [-0.15, -0.1) is 23.1 Å². The number of carboxylic acids is 1. The van der Waals surface area contributed by atoms with E-state index in [0.717, 1.165) is 10.5 Å². The fraction of sp³-hybridized carbons (Fsp3) is 0.250. The van der Waals surface area contributed by atoms with Crippen LogP contribution in [0.2, 0.25) is 0 Å². The number of amides is 2. The number of hydrogen-bond acceptors (Lipinski definition) is 9. The minimum atomic E-state index is -1.28. The van der Waals surface area contributed by atoms with Gasteiger partial charge in [-0.3, -0.25) is 19.3 Å². The van der Waals surface area contributed by atoms with Crippen LogP contribution in [0, 0.1) is 0 Å². The Kier molecular flexibility index (Phi) is 5.89. The molecule has 0 saturated carbocycles. The zero-order valence-corrected chi connectivity index (χ0v) is 18.4. The smallest absolute Gasteiger partial charge is 0.352 e. The largest absolute Gasteiger partial charge is 0.477 e. The Labute approximate surface area is 190 Å². The molecule has 0 aliphatic carbocycles. The van der Waals surface area contributed by atoms with Crippen LogP contribution in [0.25, 0.3) is 11.3 Å². The lowest BCUT2D eigenvalue weighted by atomic mass is 10.0. The highest BCUT2D eigenvalue weighted by Gasteiger charge is 2.54. The second kappa shape index (κ2) is 8.63. The van der Waals surface area contributed by atoms with Crippen molar-refractivity contribution in [2.24, 2.45) is 0 Å². The summed E-state index contributed by atoms with van der Waals surface area (Å²) in [4.78, 5) is 53.5. The molecule has 1 unspecified atom stereocenters. The molecule has 1 saturated heterocycles.